The maximum atomic E-state index is 12.4. The lowest BCUT2D eigenvalue weighted by atomic mass is 10.2. The number of nitro groups is 1. The Morgan fingerprint density at radius 1 is 1.22 bits per heavy atom. The molecule has 11 heteroatoms. The Hall–Kier alpha value is -3.63. The van der Waals surface area contributed by atoms with Crippen LogP contribution in [-0.4, -0.2) is 21.0 Å². The van der Waals surface area contributed by atoms with E-state index in [1.165, 1.54) is 28.8 Å². The minimum absolute atomic E-state index is 0.0466. The fourth-order valence-corrected chi connectivity index (χ4v) is 2.70. The lowest BCUT2D eigenvalue weighted by molar-refractivity contribution is -0.384. The topological polar surface area (TPSA) is 107 Å². The van der Waals surface area contributed by atoms with Crippen LogP contribution in [0.15, 0.2) is 47.6 Å². The zero-order valence-electron chi connectivity index (χ0n) is 13.3. The normalized spacial score (nSPS) is 11.5. The Bertz CT molecular complexity index is 1050. The van der Waals surface area contributed by atoms with Crippen molar-refractivity contribution >= 4 is 22.3 Å². The van der Waals surface area contributed by atoms with Gasteiger partial charge in [0.2, 0.25) is 5.88 Å². The van der Waals surface area contributed by atoms with Gasteiger partial charge in [-0.05, 0) is 28.9 Å². The number of fused-ring (bicyclic) bond motifs is 1. The van der Waals surface area contributed by atoms with Crippen molar-refractivity contribution < 1.29 is 27.9 Å². The van der Waals surface area contributed by atoms with Crippen molar-refractivity contribution in [2.24, 2.45) is 5.18 Å². The maximum Gasteiger partial charge on any atom is 0.573 e. The molecule has 0 saturated heterocycles. The monoisotopic (exact) mass is 381 g/mol. The summed E-state index contributed by atoms with van der Waals surface area (Å²) in [5.41, 5.74) is 0.0219. The second kappa shape index (κ2) is 6.59. The Morgan fingerprint density at radius 3 is 2.59 bits per heavy atom. The number of ether oxygens (including phenoxy) is 1. The van der Waals surface area contributed by atoms with E-state index in [1.54, 1.807) is 6.07 Å². The standard InChI is InChI=1S/C16H10F3N3O5/c17-16(18,19)27-11-4-5-13-12(7-11)14(20-24)15(23)21(13)8-9-2-1-3-10(6-9)22(25)26/h1-7,23H,8H2. The zero-order valence-corrected chi connectivity index (χ0v) is 13.3. The number of rotatable bonds is 5. The predicted molar refractivity (Wildman–Crippen MR) is 87.9 cm³/mol. The van der Waals surface area contributed by atoms with E-state index in [2.05, 4.69) is 9.91 Å². The van der Waals surface area contributed by atoms with Crippen molar-refractivity contribution in [1.29, 1.82) is 0 Å². The average Bonchev–Trinajstić information content (AvgIpc) is 2.84. The Kier molecular flexibility index (Phi) is 4.44. The summed E-state index contributed by atoms with van der Waals surface area (Å²) in [6.45, 7) is -0.0704. The molecule has 3 aromatic rings. The number of hydrogen-bond acceptors (Lipinski definition) is 6. The van der Waals surface area contributed by atoms with Gasteiger partial charge in [0.15, 0.2) is 5.69 Å². The molecule has 0 aliphatic rings. The van der Waals surface area contributed by atoms with E-state index in [9.17, 15) is 33.3 Å². The van der Waals surface area contributed by atoms with Crippen molar-refractivity contribution in [3.05, 3.63) is 63.0 Å². The number of nitroso groups, excluding NO2 is 1. The average molecular weight is 381 g/mol. The first-order valence-electron chi connectivity index (χ1n) is 7.37. The number of non-ortho nitro benzene ring substituents is 1. The highest BCUT2D eigenvalue weighted by atomic mass is 19.4. The van der Waals surface area contributed by atoms with Gasteiger partial charge in [0.25, 0.3) is 5.69 Å². The molecule has 0 unspecified atom stereocenters. The largest absolute Gasteiger partial charge is 0.573 e. The maximum absolute atomic E-state index is 12.4. The van der Waals surface area contributed by atoms with Crippen LogP contribution in [0.1, 0.15) is 5.56 Å². The summed E-state index contributed by atoms with van der Waals surface area (Å²) >= 11 is 0. The van der Waals surface area contributed by atoms with Crippen LogP contribution in [0.3, 0.4) is 0 Å². The van der Waals surface area contributed by atoms with Crippen molar-refractivity contribution in [2.45, 2.75) is 12.9 Å². The smallest absolute Gasteiger partial charge is 0.493 e. The summed E-state index contributed by atoms with van der Waals surface area (Å²) in [4.78, 5) is 21.4. The molecule has 0 aliphatic heterocycles. The molecule has 140 valence electrons. The van der Waals surface area contributed by atoms with Crippen molar-refractivity contribution in [2.75, 3.05) is 0 Å². The second-order valence-corrected chi connectivity index (χ2v) is 5.50. The van der Waals surface area contributed by atoms with Gasteiger partial charge in [-0.3, -0.25) is 10.1 Å². The summed E-state index contributed by atoms with van der Waals surface area (Å²) < 4.78 is 42.2. The SMILES string of the molecule is O=Nc1c(O)n(Cc2cccc([N+](=O)[O-])c2)c2ccc(OC(F)(F)F)cc12. The molecule has 0 saturated carbocycles. The molecule has 0 atom stereocenters. The second-order valence-electron chi connectivity index (χ2n) is 5.50. The van der Waals surface area contributed by atoms with Crippen molar-refractivity contribution in [1.82, 2.24) is 4.57 Å². The Balaban J connectivity index is 2.08. The van der Waals surface area contributed by atoms with Gasteiger partial charge in [-0.1, -0.05) is 12.1 Å². The van der Waals surface area contributed by atoms with Gasteiger partial charge in [-0.2, -0.15) is 0 Å². The van der Waals surface area contributed by atoms with Crippen LogP contribution in [0.25, 0.3) is 10.9 Å². The summed E-state index contributed by atoms with van der Waals surface area (Å²) in [5, 5.41) is 23.8. The van der Waals surface area contributed by atoms with E-state index in [1.807, 2.05) is 0 Å². The molecule has 0 bridgehead atoms. The molecule has 1 N–H and O–H groups in total. The number of halogens is 3. The number of alkyl halides is 3. The fraction of sp³-hybridized carbons (Fsp3) is 0.125. The van der Waals surface area contributed by atoms with E-state index in [0.29, 0.717) is 5.56 Å². The van der Waals surface area contributed by atoms with Gasteiger partial charge >= 0.3 is 6.36 Å². The van der Waals surface area contributed by atoms with E-state index in [4.69, 9.17) is 0 Å². The zero-order chi connectivity index (χ0) is 19.8. The van der Waals surface area contributed by atoms with Crippen LogP contribution in [0.2, 0.25) is 0 Å². The molecular formula is C16H10F3N3O5. The van der Waals surface area contributed by atoms with Crippen LogP contribution in [0.4, 0.5) is 24.5 Å². The number of nitro benzene ring substituents is 1. The number of benzene rings is 2. The molecule has 0 amide bonds. The first kappa shape index (κ1) is 18.2. The van der Waals surface area contributed by atoms with E-state index < -0.39 is 28.6 Å². The molecular weight excluding hydrogens is 371 g/mol. The van der Waals surface area contributed by atoms with Crippen LogP contribution < -0.4 is 4.74 Å². The van der Waals surface area contributed by atoms with Gasteiger partial charge in [0.05, 0.1) is 17.0 Å². The number of hydrogen-bond donors (Lipinski definition) is 1. The molecule has 27 heavy (non-hydrogen) atoms. The van der Waals surface area contributed by atoms with Crippen LogP contribution in [0, 0.1) is 15.0 Å². The summed E-state index contributed by atoms with van der Waals surface area (Å²) in [6.07, 6.45) is -4.92. The number of aromatic nitrogens is 1. The lowest BCUT2D eigenvalue weighted by Crippen LogP contribution is -2.17. The van der Waals surface area contributed by atoms with E-state index in [-0.39, 0.29) is 23.1 Å². The first-order valence-corrected chi connectivity index (χ1v) is 7.37. The van der Waals surface area contributed by atoms with Gasteiger partial charge in [0.1, 0.15) is 5.75 Å². The molecule has 2 aromatic carbocycles. The molecule has 0 fully saturated rings. The van der Waals surface area contributed by atoms with Crippen LogP contribution in [-0.2, 0) is 6.54 Å². The van der Waals surface area contributed by atoms with Gasteiger partial charge in [0, 0.05) is 17.5 Å². The number of aromatic hydroxyl groups is 1. The molecule has 3 rings (SSSR count). The minimum Gasteiger partial charge on any atom is -0.493 e. The van der Waals surface area contributed by atoms with Gasteiger partial charge in [-0.15, -0.1) is 18.1 Å². The molecule has 1 aromatic heterocycles. The fourth-order valence-electron chi connectivity index (χ4n) is 2.70. The molecule has 1 heterocycles. The molecule has 8 nitrogen and oxygen atoms in total. The predicted octanol–water partition coefficient (Wildman–Crippen LogP) is 4.60. The summed E-state index contributed by atoms with van der Waals surface area (Å²) in [5.74, 6) is -1.15. The summed E-state index contributed by atoms with van der Waals surface area (Å²) in [6, 6.07) is 8.76. The highest BCUT2D eigenvalue weighted by Gasteiger charge is 2.31. The van der Waals surface area contributed by atoms with Gasteiger partial charge in [-0.25, -0.2) is 0 Å². The third-order valence-electron chi connectivity index (χ3n) is 3.77. The van der Waals surface area contributed by atoms with E-state index in [0.717, 1.165) is 12.1 Å². The first-order chi connectivity index (χ1) is 12.7. The summed E-state index contributed by atoms with van der Waals surface area (Å²) in [7, 11) is 0. The molecule has 0 aliphatic carbocycles. The highest BCUT2D eigenvalue weighted by molar-refractivity contribution is 5.96. The molecule has 0 spiro atoms. The lowest BCUT2D eigenvalue weighted by Gasteiger charge is -2.10. The third kappa shape index (κ3) is 3.66. The molecule has 0 radical (unpaired) electrons. The quantitative estimate of drug-likeness (QED) is 0.395. The Morgan fingerprint density at radius 2 is 1.96 bits per heavy atom. The Labute approximate surface area is 148 Å². The van der Waals surface area contributed by atoms with Gasteiger partial charge < -0.3 is 14.4 Å². The highest BCUT2D eigenvalue weighted by Crippen LogP contribution is 2.41. The van der Waals surface area contributed by atoms with Crippen molar-refractivity contribution in [3.8, 4) is 11.6 Å². The van der Waals surface area contributed by atoms with Crippen LogP contribution >= 0.6 is 0 Å². The third-order valence-corrected chi connectivity index (χ3v) is 3.77. The number of nitrogens with zero attached hydrogens (tertiary/aromatic N) is 3. The van der Waals surface area contributed by atoms with Crippen molar-refractivity contribution in [3.63, 3.8) is 0 Å². The minimum atomic E-state index is -4.92. The van der Waals surface area contributed by atoms with E-state index >= 15 is 0 Å². The van der Waals surface area contributed by atoms with Crippen LogP contribution in [0.5, 0.6) is 11.6 Å².